The van der Waals surface area contributed by atoms with Gasteiger partial charge in [-0.2, -0.15) is 0 Å². The predicted molar refractivity (Wildman–Crippen MR) is 85.1 cm³/mol. The molecule has 0 saturated carbocycles. The van der Waals surface area contributed by atoms with Crippen LogP contribution < -0.4 is 15.5 Å². The lowest BCUT2D eigenvalue weighted by Crippen LogP contribution is -2.27. The van der Waals surface area contributed by atoms with Gasteiger partial charge in [0.05, 0.1) is 0 Å². The first-order chi connectivity index (χ1) is 9.43. The van der Waals surface area contributed by atoms with E-state index < -0.39 is 0 Å². The largest absolute Gasteiger partial charge is 0.374 e. The lowest BCUT2D eigenvalue weighted by molar-refractivity contribution is -0.120. The molecule has 20 heavy (non-hydrogen) atoms. The maximum Gasteiger partial charge on any atom is 0.221 e. The highest BCUT2D eigenvalue weighted by atomic mass is 16.1. The SMILES string of the molecule is CNC(=O)CCN(C)c1ccc(CNC(C)C)cc1C. The molecule has 0 spiro atoms. The summed E-state index contributed by atoms with van der Waals surface area (Å²) in [5.41, 5.74) is 3.72. The molecule has 1 rings (SSSR count). The van der Waals surface area contributed by atoms with Crippen molar-refractivity contribution in [3.63, 3.8) is 0 Å². The molecule has 0 saturated heterocycles. The summed E-state index contributed by atoms with van der Waals surface area (Å²) in [4.78, 5) is 13.4. The maximum atomic E-state index is 11.3. The number of anilines is 1. The van der Waals surface area contributed by atoms with Crippen LogP contribution in [0.3, 0.4) is 0 Å². The highest BCUT2D eigenvalue weighted by Crippen LogP contribution is 2.20. The van der Waals surface area contributed by atoms with Crippen molar-refractivity contribution in [1.29, 1.82) is 0 Å². The lowest BCUT2D eigenvalue weighted by Gasteiger charge is -2.22. The predicted octanol–water partition coefficient (Wildman–Crippen LogP) is 2.07. The zero-order valence-electron chi connectivity index (χ0n) is 13.3. The average Bonchev–Trinajstić information content (AvgIpc) is 2.42. The van der Waals surface area contributed by atoms with Crippen LogP contribution in [0.15, 0.2) is 18.2 Å². The Morgan fingerprint density at radius 2 is 2.05 bits per heavy atom. The fourth-order valence-electron chi connectivity index (χ4n) is 2.09. The number of hydrogen-bond donors (Lipinski definition) is 2. The maximum absolute atomic E-state index is 11.3. The lowest BCUT2D eigenvalue weighted by atomic mass is 10.1. The quantitative estimate of drug-likeness (QED) is 0.802. The number of carbonyl (C=O) groups excluding carboxylic acids is 1. The molecule has 0 aliphatic carbocycles. The molecule has 0 aliphatic rings. The Balaban J connectivity index is 2.64. The van der Waals surface area contributed by atoms with Crippen molar-refractivity contribution in [1.82, 2.24) is 10.6 Å². The summed E-state index contributed by atoms with van der Waals surface area (Å²) in [6.45, 7) is 8.02. The molecule has 1 amide bonds. The summed E-state index contributed by atoms with van der Waals surface area (Å²) in [6.07, 6.45) is 0.517. The van der Waals surface area contributed by atoms with E-state index in [1.54, 1.807) is 7.05 Å². The minimum atomic E-state index is 0.0762. The minimum Gasteiger partial charge on any atom is -0.374 e. The molecule has 0 fully saturated rings. The second-order valence-electron chi connectivity index (χ2n) is 5.50. The van der Waals surface area contributed by atoms with Crippen LogP contribution in [0.1, 0.15) is 31.4 Å². The molecule has 0 atom stereocenters. The van der Waals surface area contributed by atoms with Crippen molar-refractivity contribution in [2.24, 2.45) is 0 Å². The van der Waals surface area contributed by atoms with Crippen LogP contribution in [0.25, 0.3) is 0 Å². The number of benzene rings is 1. The first kappa shape index (κ1) is 16.5. The van der Waals surface area contributed by atoms with Crippen LogP contribution in [0.4, 0.5) is 5.69 Å². The number of aryl methyl sites for hydroxylation is 1. The van der Waals surface area contributed by atoms with Crippen LogP contribution in [0, 0.1) is 6.92 Å². The number of nitrogens with one attached hydrogen (secondary N) is 2. The van der Waals surface area contributed by atoms with Gasteiger partial charge < -0.3 is 15.5 Å². The molecule has 2 N–H and O–H groups in total. The Labute approximate surface area is 122 Å². The smallest absolute Gasteiger partial charge is 0.221 e. The van der Waals surface area contributed by atoms with E-state index in [1.165, 1.54) is 16.8 Å². The fraction of sp³-hybridized carbons (Fsp3) is 0.562. The van der Waals surface area contributed by atoms with E-state index in [0.29, 0.717) is 12.5 Å². The Morgan fingerprint density at radius 1 is 1.35 bits per heavy atom. The first-order valence-electron chi connectivity index (χ1n) is 7.18. The fourth-order valence-corrected chi connectivity index (χ4v) is 2.09. The number of rotatable bonds is 7. The van der Waals surface area contributed by atoms with Crippen molar-refractivity contribution < 1.29 is 4.79 Å². The van der Waals surface area contributed by atoms with Crippen LogP contribution >= 0.6 is 0 Å². The summed E-state index contributed by atoms with van der Waals surface area (Å²) in [7, 11) is 3.70. The van der Waals surface area contributed by atoms with E-state index in [0.717, 1.165) is 13.1 Å². The molecule has 0 unspecified atom stereocenters. The minimum absolute atomic E-state index is 0.0762. The molecule has 0 aliphatic heterocycles. The Morgan fingerprint density at radius 3 is 2.60 bits per heavy atom. The van der Waals surface area contributed by atoms with E-state index in [-0.39, 0.29) is 5.91 Å². The standard InChI is InChI=1S/C16H27N3O/c1-12(2)18-11-14-6-7-15(13(3)10-14)19(5)9-8-16(20)17-4/h6-7,10,12,18H,8-9,11H2,1-5H3,(H,17,20). The van der Waals surface area contributed by atoms with E-state index in [4.69, 9.17) is 0 Å². The summed E-state index contributed by atoms with van der Waals surface area (Å²) >= 11 is 0. The molecule has 4 nitrogen and oxygen atoms in total. The van der Waals surface area contributed by atoms with Gasteiger partial charge in [-0.25, -0.2) is 0 Å². The molecular weight excluding hydrogens is 250 g/mol. The van der Waals surface area contributed by atoms with Gasteiger partial charge in [0.25, 0.3) is 0 Å². The molecule has 112 valence electrons. The van der Waals surface area contributed by atoms with Gasteiger partial charge in [-0.3, -0.25) is 4.79 Å². The Bertz CT molecular complexity index is 443. The van der Waals surface area contributed by atoms with E-state index >= 15 is 0 Å². The Kier molecular flexibility index (Phi) is 6.52. The topological polar surface area (TPSA) is 44.4 Å². The van der Waals surface area contributed by atoms with Crippen molar-refractivity contribution in [2.45, 2.75) is 39.8 Å². The monoisotopic (exact) mass is 277 g/mol. The summed E-state index contributed by atoms with van der Waals surface area (Å²) in [5.74, 6) is 0.0762. The third-order valence-electron chi connectivity index (χ3n) is 3.34. The van der Waals surface area contributed by atoms with Gasteiger partial charge in [0.1, 0.15) is 0 Å². The molecular formula is C16H27N3O. The summed E-state index contributed by atoms with van der Waals surface area (Å²) < 4.78 is 0. The zero-order valence-corrected chi connectivity index (χ0v) is 13.3. The molecule has 1 aromatic rings. The number of carbonyl (C=O) groups is 1. The van der Waals surface area contributed by atoms with Crippen molar-refractivity contribution in [3.8, 4) is 0 Å². The van der Waals surface area contributed by atoms with Crippen LogP contribution in [0.5, 0.6) is 0 Å². The Hall–Kier alpha value is -1.55. The average molecular weight is 277 g/mol. The molecule has 0 heterocycles. The summed E-state index contributed by atoms with van der Waals surface area (Å²) in [6, 6.07) is 6.98. The highest BCUT2D eigenvalue weighted by Gasteiger charge is 2.07. The third-order valence-corrected chi connectivity index (χ3v) is 3.34. The molecule has 0 radical (unpaired) electrons. The van der Waals surface area contributed by atoms with Gasteiger partial charge in [-0.15, -0.1) is 0 Å². The van der Waals surface area contributed by atoms with E-state index in [9.17, 15) is 4.79 Å². The van der Waals surface area contributed by atoms with Crippen LogP contribution in [-0.2, 0) is 11.3 Å². The van der Waals surface area contributed by atoms with Crippen LogP contribution in [0.2, 0.25) is 0 Å². The van der Waals surface area contributed by atoms with Gasteiger partial charge >= 0.3 is 0 Å². The second-order valence-corrected chi connectivity index (χ2v) is 5.50. The van der Waals surface area contributed by atoms with Crippen molar-refractivity contribution in [3.05, 3.63) is 29.3 Å². The molecule has 4 heteroatoms. The van der Waals surface area contributed by atoms with Gasteiger partial charge in [0.15, 0.2) is 0 Å². The van der Waals surface area contributed by atoms with Gasteiger partial charge in [-0.05, 0) is 24.1 Å². The first-order valence-corrected chi connectivity index (χ1v) is 7.18. The molecule has 0 bridgehead atoms. The van der Waals surface area contributed by atoms with E-state index in [1.807, 2.05) is 7.05 Å². The molecule has 1 aromatic carbocycles. The number of hydrogen-bond acceptors (Lipinski definition) is 3. The normalized spacial score (nSPS) is 10.7. The molecule has 0 aromatic heterocycles. The zero-order chi connectivity index (χ0) is 15.1. The second kappa shape index (κ2) is 7.90. The third kappa shape index (κ3) is 5.21. The summed E-state index contributed by atoms with van der Waals surface area (Å²) in [5, 5.41) is 6.07. The number of amides is 1. The highest BCUT2D eigenvalue weighted by molar-refractivity contribution is 5.76. The van der Waals surface area contributed by atoms with E-state index in [2.05, 4.69) is 54.5 Å². The van der Waals surface area contributed by atoms with Gasteiger partial charge in [0.2, 0.25) is 5.91 Å². The van der Waals surface area contributed by atoms with Gasteiger partial charge in [-0.1, -0.05) is 26.0 Å². The van der Waals surface area contributed by atoms with Crippen molar-refractivity contribution in [2.75, 3.05) is 25.5 Å². The van der Waals surface area contributed by atoms with Gasteiger partial charge in [0, 0.05) is 45.3 Å². The van der Waals surface area contributed by atoms with Crippen molar-refractivity contribution >= 4 is 11.6 Å². The van der Waals surface area contributed by atoms with Crippen LogP contribution in [-0.4, -0.2) is 32.6 Å². The number of nitrogens with zero attached hydrogens (tertiary/aromatic N) is 1.